The van der Waals surface area contributed by atoms with Crippen LogP contribution in [-0.4, -0.2) is 9.97 Å². The van der Waals surface area contributed by atoms with E-state index in [1.54, 1.807) is 0 Å². The normalized spacial score (nSPS) is 14.3. The molecule has 3 N–H and O–H groups in total. The molecule has 19 heavy (non-hydrogen) atoms. The molecule has 0 radical (unpaired) electrons. The molecule has 0 saturated carbocycles. The minimum absolute atomic E-state index is 0.0288. The summed E-state index contributed by atoms with van der Waals surface area (Å²) in [4.78, 5) is 8.14. The lowest BCUT2D eigenvalue weighted by atomic mass is 10.1. The van der Waals surface area contributed by atoms with Gasteiger partial charge in [0.2, 0.25) is 0 Å². The number of hydrogen-bond donors (Lipinski definition) is 2. The number of hydrogen-bond acceptors (Lipinski definition) is 2. The van der Waals surface area contributed by atoms with Gasteiger partial charge in [0.1, 0.15) is 5.82 Å². The van der Waals surface area contributed by atoms with Crippen LogP contribution in [0.5, 0.6) is 0 Å². The average Bonchev–Trinajstić information content (AvgIpc) is 2.95. The molecule has 1 aliphatic carbocycles. The SMILES string of the molecule is CCCCC(N)c1nc2c([nH]1)Cc1c(Br)cccc1-2. The molecule has 1 aliphatic rings. The zero-order chi connectivity index (χ0) is 13.4. The molecular formula is C15H18BrN3. The molecule has 3 rings (SSSR count). The zero-order valence-corrected chi connectivity index (χ0v) is 12.6. The summed E-state index contributed by atoms with van der Waals surface area (Å²) in [6, 6.07) is 6.30. The maximum Gasteiger partial charge on any atom is 0.124 e. The predicted molar refractivity (Wildman–Crippen MR) is 81.0 cm³/mol. The van der Waals surface area contributed by atoms with E-state index in [2.05, 4.69) is 46.0 Å². The van der Waals surface area contributed by atoms with Gasteiger partial charge in [0.05, 0.1) is 11.7 Å². The van der Waals surface area contributed by atoms with E-state index in [4.69, 9.17) is 10.7 Å². The highest BCUT2D eigenvalue weighted by atomic mass is 79.9. The first kappa shape index (κ1) is 12.9. The van der Waals surface area contributed by atoms with Crippen LogP contribution in [-0.2, 0) is 6.42 Å². The van der Waals surface area contributed by atoms with Crippen LogP contribution in [0.25, 0.3) is 11.3 Å². The lowest BCUT2D eigenvalue weighted by Gasteiger charge is -2.08. The highest BCUT2D eigenvalue weighted by Crippen LogP contribution is 2.39. The number of unbranched alkanes of at least 4 members (excludes halogenated alkanes) is 1. The van der Waals surface area contributed by atoms with Crippen molar-refractivity contribution in [3.63, 3.8) is 0 Å². The minimum atomic E-state index is 0.0288. The van der Waals surface area contributed by atoms with Gasteiger partial charge in [0.15, 0.2) is 0 Å². The largest absolute Gasteiger partial charge is 0.344 e. The Kier molecular flexibility index (Phi) is 3.46. The summed E-state index contributed by atoms with van der Waals surface area (Å²) in [5, 5.41) is 0. The molecule has 3 nitrogen and oxygen atoms in total. The van der Waals surface area contributed by atoms with Gasteiger partial charge in [-0.3, -0.25) is 0 Å². The van der Waals surface area contributed by atoms with Crippen LogP contribution in [0.4, 0.5) is 0 Å². The van der Waals surface area contributed by atoms with Gasteiger partial charge in [0.25, 0.3) is 0 Å². The maximum absolute atomic E-state index is 6.19. The van der Waals surface area contributed by atoms with E-state index in [1.807, 2.05) is 0 Å². The second kappa shape index (κ2) is 5.10. The van der Waals surface area contributed by atoms with Crippen LogP contribution in [0.15, 0.2) is 22.7 Å². The van der Waals surface area contributed by atoms with Gasteiger partial charge in [-0.1, -0.05) is 47.8 Å². The van der Waals surface area contributed by atoms with Gasteiger partial charge in [-0.05, 0) is 18.1 Å². The van der Waals surface area contributed by atoms with Crippen molar-refractivity contribution in [2.45, 2.75) is 38.6 Å². The number of aromatic nitrogens is 2. The van der Waals surface area contributed by atoms with E-state index in [1.165, 1.54) is 23.2 Å². The van der Waals surface area contributed by atoms with Crippen molar-refractivity contribution in [2.75, 3.05) is 0 Å². The van der Waals surface area contributed by atoms with E-state index >= 15 is 0 Å². The lowest BCUT2D eigenvalue weighted by molar-refractivity contribution is 0.579. The third-order valence-electron chi connectivity index (χ3n) is 3.74. The first-order valence-corrected chi connectivity index (χ1v) is 7.62. The molecule has 100 valence electrons. The van der Waals surface area contributed by atoms with Crippen LogP contribution in [0.2, 0.25) is 0 Å². The molecule has 2 aromatic rings. The Bertz CT molecular complexity index is 603. The molecule has 0 saturated heterocycles. The van der Waals surface area contributed by atoms with E-state index in [-0.39, 0.29) is 6.04 Å². The number of H-pyrrole nitrogens is 1. The number of rotatable bonds is 4. The van der Waals surface area contributed by atoms with Crippen LogP contribution < -0.4 is 5.73 Å². The third kappa shape index (κ3) is 2.23. The molecule has 1 aromatic carbocycles. The smallest absolute Gasteiger partial charge is 0.124 e. The summed E-state index contributed by atoms with van der Waals surface area (Å²) in [6.07, 6.45) is 4.23. The maximum atomic E-state index is 6.19. The number of fused-ring (bicyclic) bond motifs is 3. The van der Waals surface area contributed by atoms with Crippen LogP contribution in [0.1, 0.15) is 49.3 Å². The summed E-state index contributed by atoms with van der Waals surface area (Å²) in [7, 11) is 0. The number of aromatic amines is 1. The van der Waals surface area contributed by atoms with Gasteiger partial charge in [-0.25, -0.2) is 4.98 Å². The number of imidazole rings is 1. The summed E-state index contributed by atoms with van der Waals surface area (Å²) in [5.41, 5.74) is 11.0. The summed E-state index contributed by atoms with van der Waals surface area (Å²) in [6.45, 7) is 2.18. The van der Waals surface area contributed by atoms with Gasteiger partial charge >= 0.3 is 0 Å². The number of benzene rings is 1. The Morgan fingerprint density at radius 3 is 3.11 bits per heavy atom. The first-order valence-electron chi connectivity index (χ1n) is 6.82. The molecule has 1 aromatic heterocycles. The molecule has 0 fully saturated rings. The monoisotopic (exact) mass is 319 g/mol. The van der Waals surface area contributed by atoms with Crippen LogP contribution in [0.3, 0.4) is 0 Å². The highest BCUT2D eigenvalue weighted by Gasteiger charge is 2.25. The summed E-state index contributed by atoms with van der Waals surface area (Å²) >= 11 is 3.61. The van der Waals surface area contributed by atoms with E-state index in [0.717, 1.165) is 35.3 Å². The Balaban J connectivity index is 1.91. The number of nitrogens with zero attached hydrogens (tertiary/aromatic N) is 1. The van der Waals surface area contributed by atoms with Gasteiger partial charge < -0.3 is 10.7 Å². The van der Waals surface area contributed by atoms with Crippen LogP contribution >= 0.6 is 15.9 Å². The van der Waals surface area contributed by atoms with Crippen molar-refractivity contribution in [1.29, 1.82) is 0 Å². The Hall–Kier alpha value is -1.13. The molecular weight excluding hydrogens is 302 g/mol. The fourth-order valence-corrected chi connectivity index (χ4v) is 3.16. The van der Waals surface area contributed by atoms with Crippen molar-refractivity contribution in [1.82, 2.24) is 9.97 Å². The minimum Gasteiger partial charge on any atom is -0.344 e. The topological polar surface area (TPSA) is 54.7 Å². The molecule has 1 unspecified atom stereocenters. The van der Waals surface area contributed by atoms with Crippen molar-refractivity contribution in [3.8, 4) is 11.3 Å². The quantitative estimate of drug-likeness (QED) is 0.765. The highest BCUT2D eigenvalue weighted by molar-refractivity contribution is 9.10. The van der Waals surface area contributed by atoms with E-state index in [0.29, 0.717) is 0 Å². The first-order chi connectivity index (χ1) is 9.20. The van der Waals surface area contributed by atoms with Crippen molar-refractivity contribution in [3.05, 3.63) is 39.8 Å². The summed E-state index contributed by atoms with van der Waals surface area (Å²) in [5.74, 6) is 0.934. The van der Waals surface area contributed by atoms with E-state index in [9.17, 15) is 0 Å². The molecule has 0 aliphatic heterocycles. The number of nitrogens with one attached hydrogen (secondary N) is 1. The van der Waals surface area contributed by atoms with Crippen molar-refractivity contribution < 1.29 is 0 Å². The zero-order valence-electron chi connectivity index (χ0n) is 11.0. The molecule has 0 bridgehead atoms. The predicted octanol–water partition coefficient (Wildman–Crippen LogP) is 3.93. The molecule has 0 amide bonds. The third-order valence-corrected chi connectivity index (χ3v) is 4.49. The van der Waals surface area contributed by atoms with Gasteiger partial charge in [0, 0.05) is 22.2 Å². The Labute approximate surface area is 121 Å². The molecule has 1 heterocycles. The average molecular weight is 320 g/mol. The number of nitrogens with two attached hydrogens (primary N) is 1. The molecule has 0 spiro atoms. The van der Waals surface area contributed by atoms with E-state index < -0.39 is 0 Å². The number of halogens is 1. The Morgan fingerprint density at radius 2 is 2.32 bits per heavy atom. The second-order valence-electron chi connectivity index (χ2n) is 5.14. The van der Waals surface area contributed by atoms with Crippen molar-refractivity contribution >= 4 is 15.9 Å². The Morgan fingerprint density at radius 1 is 1.47 bits per heavy atom. The molecule has 4 heteroatoms. The van der Waals surface area contributed by atoms with Gasteiger partial charge in [-0.2, -0.15) is 0 Å². The second-order valence-corrected chi connectivity index (χ2v) is 5.99. The summed E-state index contributed by atoms with van der Waals surface area (Å²) < 4.78 is 1.16. The fraction of sp³-hybridized carbons (Fsp3) is 0.400. The van der Waals surface area contributed by atoms with Crippen molar-refractivity contribution in [2.24, 2.45) is 5.73 Å². The fourth-order valence-electron chi connectivity index (χ4n) is 2.65. The molecule has 1 atom stereocenters. The van der Waals surface area contributed by atoms with Gasteiger partial charge in [-0.15, -0.1) is 0 Å². The lowest BCUT2D eigenvalue weighted by Crippen LogP contribution is -2.12. The standard InChI is InChI=1S/C15H18BrN3/c1-2-3-7-12(17)15-18-13-8-10-9(14(13)19-15)5-4-6-11(10)16/h4-6,12H,2-3,7-8,17H2,1H3,(H,18,19). The van der Waals surface area contributed by atoms with Crippen LogP contribution in [0, 0.1) is 0 Å².